The Balaban J connectivity index is 1.59. The smallest absolute Gasteiger partial charge is 0.257 e. The lowest BCUT2D eigenvalue weighted by Gasteiger charge is -2.16. The van der Waals surface area contributed by atoms with Crippen molar-refractivity contribution in [1.29, 1.82) is 0 Å². The molecule has 0 aliphatic carbocycles. The monoisotopic (exact) mass is 383 g/mol. The number of pyridine rings is 2. The van der Waals surface area contributed by atoms with Gasteiger partial charge >= 0.3 is 0 Å². The Morgan fingerprint density at radius 2 is 2.26 bits per heavy atom. The summed E-state index contributed by atoms with van der Waals surface area (Å²) in [6.07, 6.45) is 4.24. The Kier molecular flexibility index (Phi) is 4.65. The van der Waals surface area contributed by atoms with Gasteiger partial charge in [0.25, 0.3) is 5.91 Å². The van der Waals surface area contributed by atoms with Crippen molar-refractivity contribution in [3.05, 3.63) is 51.4 Å². The number of nitrogens with one attached hydrogen (secondary N) is 1. The molecule has 1 N–H and O–H groups in total. The fourth-order valence-electron chi connectivity index (χ4n) is 3.45. The number of hydrogen-bond acceptors (Lipinski definition) is 6. The molecule has 0 unspecified atom stereocenters. The van der Waals surface area contributed by atoms with Crippen LogP contribution in [0.3, 0.4) is 0 Å². The number of thiazole rings is 1. The topological polar surface area (TPSA) is 80.1 Å². The van der Waals surface area contributed by atoms with Gasteiger partial charge in [0.2, 0.25) is 5.43 Å². The molecule has 4 rings (SSSR count). The highest BCUT2D eigenvalue weighted by Gasteiger charge is 2.27. The Morgan fingerprint density at radius 3 is 3.00 bits per heavy atom. The van der Waals surface area contributed by atoms with Crippen LogP contribution in [0.1, 0.15) is 29.4 Å². The van der Waals surface area contributed by atoms with Crippen molar-refractivity contribution >= 4 is 33.4 Å². The fourth-order valence-corrected chi connectivity index (χ4v) is 4.13. The van der Waals surface area contributed by atoms with Crippen LogP contribution >= 0.6 is 11.3 Å². The first-order chi connectivity index (χ1) is 13.1. The van der Waals surface area contributed by atoms with E-state index in [1.807, 2.05) is 23.8 Å². The van der Waals surface area contributed by atoms with Gasteiger partial charge in [0, 0.05) is 49.1 Å². The van der Waals surface area contributed by atoms with Gasteiger partial charge in [0.1, 0.15) is 11.2 Å². The molecule has 3 aromatic rings. The lowest BCUT2D eigenvalue weighted by Crippen LogP contribution is -2.39. The maximum absolute atomic E-state index is 12.8. The van der Waals surface area contributed by atoms with E-state index >= 15 is 0 Å². The molecule has 1 amide bonds. The van der Waals surface area contributed by atoms with Crippen LogP contribution in [0.25, 0.3) is 11.0 Å². The van der Waals surface area contributed by atoms with Crippen LogP contribution in [-0.2, 0) is 6.54 Å². The van der Waals surface area contributed by atoms with Crippen molar-refractivity contribution in [1.82, 2.24) is 19.9 Å². The Hall–Kier alpha value is -2.74. The molecular formula is C19H21N5O2S. The van der Waals surface area contributed by atoms with E-state index in [0.29, 0.717) is 24.1 Å². The quantitative estimate of drug-likeness (QED) is 0.747. The van der Waals surface area contributed by atoms with E-state index in [1.54, 1.807) is 35.9 Å². The van der Waals surface area contributed by atoms with E-state index in [0.717, 1.165) is 23.8 Å². The molecule has 0 radical (unpaired) electrons. The average molecular weight is 383 g/mol. The SMILES string of the molecule is CCn1cc(C(=O)N[C@@H]2CCN(c3nccs3)C2)c(=O)c2ccc(C)nc21. The van der Waals surface area contributed by atoms with Crippen LogP contribution in [0.15, 0.2) is 34.7 Å². The van der Waals surface area contributed by atoms with E-state index in [4.69, 9.17) is 0 Å². The summed E-state index contributed by atoms with van der Waals surface area (Å²) in [5.74, 6) is -0.323. The Morgan fingerprint density at radius 1 is 1.41 bits per heavy atom. The standard InChI is InChI=1S/C19H21N5O2S/c1-3-23-11-15(16(25)14-5-4-12(2)21-17(14)23)18(26)22-13-6-8-24(10-13)19-20-7-9-27-19/h4-5,7,9,11,13H,3,6,8,10H2,1-2H3,(H,22,26)/t13-/m1/s1. The minimum Gasteiger partial charge on any atom is -0.347 e. The molecule has 0 bridgehead atoms. The molecule has 3 aromatic heterocycles. The number of hydrogen-bond donors (Lipinski definition) is 1. The van der Waals surface area contributed by atoms with Gasteiger partial charge in [0.05, 0.1) is 5.39 Å². The maximum Gasteiger partial charge on any atom is 0.257 e. The molecule has 1 aliphatic heterocycles. The largest absolute Gasteiger partial charge is 0.347 e. The van der Waals surface area contributed by atoms with Crippen LogP contribution in [-0.4, -0.2) is 39.6 Å². The van der Waals surface area contributed by atoms with Crippen LogP contribution in [0.4, 0.5) is 5.13 Å². The molecule has 1 saturated heterocycles. The highest BCUT2D eigenvalue weighted by atomic mass is 32.1. The molecule has 0 aromatic carbocycles. The second-order valence-corrected chi connectivity index (χ2v) is 7.57. The summed E-state index contributed by atoms with van der Waals surface area (Å²) in [7, 11) is 0. The van der Waals surface area contributed by atoms with E-state index in [9.17, 15) is 9.59 Å². The highest BCUT2D eigenvalue weighted by Crippen LogP contribution is 2.22. The van der Waals surface area contributed by atoms with Gasteiger partial charge in [-0.3, -0.25) is 9.59 Å². The molecule has 0 spiro atoms. The van der Waals surface area contributed by atoms with E-state index in [2.05, 4.69) is 20.2 Å². The van der Waals surface area contributed by atoms with Gasteiger partial charge in [-0.1, -0.05) is 0 Å². The van der Waals surface area contributed by atoms with Gasteiger partial charge in [-0.25, -0.2) is 9.97 Å². The summed E-state index contributed by atoms with van der Waals surface area (Å²) < 4.78 is 1.86. The molecule has 7 nitrogen and oxygen atoms in total. The van der Waals surface area contributed by atoms with Gasteiger partial charge < -0.3 is 14.8 Å². The molecule has 8 heteroatoms. The maximum atomic E-state index is 12.8. The third-order valence-electron chi connectivity index (χ3n) is 4.86. The molecule has 4 heterocycles. The van der Waals surface area contributed by atoms with Gasteiger partial charge in [-0.15, -0.1) is 11.3 Å². The minimum atomic E-state index is -0.323. The predicted octanol–water partition coefficient (Wildman–Crippen LogP) is 2.19. The molecule has 1 aliphatic rings. The third kappa shape index (κ3) is 3.32. The first-order valence-corrected chi connectivity index (χ1v) is 9.91. The number of anilines is 1. The Bertz CT molecular complexity index is 1040. The number of fused-ring (bicyclic) bond motifs is 1. The zero-order valence-electron chi connectivity index (χ0n) is 15.3. The molecule has 140 valence electrons. The first-order valence-electron chi connectivity index (χ1n) is 9.03. The van der Waals surface area contributed by atoms with Crippen molar-refractivity contribution in [2.75, 3.05) is 18.0 Å². The lowest BCUT2D eigenvalue weighted by molar-refractivity contribution is 0.0939. The van der Waals surface area contributed by atoms with Crippen LogP contribution in [0.5, 0.6) is 0 Å². The number of carbonyl (C=O) groups is 1. The summed E-state index contributed by atoms with van der Waals surface area (Å²) in [5.41, 5.74) is 1.36. The second kappa shape index (κ2) is 7.11. The van der Waals surface area contributed by atoms with Gasteiger partial charge in [0.15, 0.2) is 5.13 Å². The van der Waals surface area contributed by atoms with Crippen molar-refractivity contribution in [2.24, 2.45) is 0 Å². The van der Waals surface area contributed by atoms with E-state index < -0.39 is 0 Å². The van der Waals surface area contributed by atoms with Crippen molar-refractivity contribution in [2.45, 2.75) is 32.9 Å². The number of nitrogens with zero attached hydrogens (tertiary/aromatic N) is 4. The second-order valence-electron chi connectivity index (χ2n) is 6.70. The first kappa shape index (κ1) is 17.7. The van der Waals surface area contributed by atoms with Crippen LogP contribution < -0.4 is 15.6 Å². The van der Waals surface area contributed by atoms with E-state index in [-0.39, 0.29) is 22.9 Å². The predicted molar refractivity (Wildman–Crippen MR) is 107 cm³/mol. The summed E-state index contributed by atoms with van der Waals surface area (Å²) in [4.78, 5) is 36.6. The lowest BCUT2D eigenvalue weighted by atomic mass is 10.1. The summed E-state index contributed by atoms with van der Waals surface area (Å²) >= 11 is 1.59. The summed E-state index contributed by atoms with van der Waals surface area (Å²) in [6, 6.07) is 3.56. The van der Waals surface area contributed by atoms with Crippen LogP contribution in [0.2, 0.25) is 0 Å². The van der Waals surface area contributed by atoms with Gasteiger partial charge in [-0.05, 0) is 32.4 Å². The normalized spacial score (nSPS) is 16.8. The molecule has 27 heavy (non-hydrogen) atoms. The third-order valence-corrected chi connectivity index (χ3v) is 5.69. The Labute approximate surface area is 160 Å². The molecule has 1 atom stereocenters. The zero-order valence-corrected chi connectivity index (χ0v) is 16.1. The summed E-state index contributed by atoms with van der Waals surface area (Å²) in [5, 5.41) is 6.40. The van der Waals surface area contributed by atoms with Gasteiger partial charge in [-0.2, -0.15) is 0 Å². The summed E-state index contributed by atoms with van der Waals surface area (Å²) in [6.45, 7) is 6.04. The molecule has 0 saturated carbocycles. The molecular weight excluding hydrogens is 362 g/mol. The highest BCUT2D eigenvalue weighted by molar-refractivity contribution is 7.13. The van der Waals surface area contributed by atoms with Crippen molar-refractivity contribution in [3.8, 4) is 0 Å². The van der Waals surface area contributed by atoms with Crippen LogP contribution in [0, 0.1) is 6.92 Å². The van der Waals surface area contributed by atoms with Crippen molar-refractivity contribution in [3.63, 3.8) is 0 Å². The fraction of sp³-hybridized carbons (Fsp3) is 0.368. The number of rotatable bonds is 4. The van der Waals surface area contributed by atoms with Crippen molar-refractivity contribution < 1.29 is 4.79 Å². The number of amides is 1. The molecule has 1 fully saturated rings. The van der Waals surface area contributed by atoms with E-state index in [1.165, 1.54) is 0 Å². The number of carbonyl (C=O) groups excluding carboxylic acids is 1. The average Bonchev–Trinajstić information content (AvgIpc) is 3.33. The minimum absolute atomic E-state index is 0.00252. The zero-order chi connectivity index (χ0) is 19.0. The number of aryl methyl sites for hydroxylation is 2. The number of aromatic nitrogens is 3.